The first-order valence-corrected chi connectivity index (χ1v) is 8.20. The summed E-state index contributed by atoms with van der Waals surface area (Å²) in [6.07, 6.45) is 3.95. The average molecular weight is 339 g/mol. The van der Waals surface area contributed by atoms with Gasteiger partial charge in [0.2, 0.25) is 0 Å². The zero-order valence-electron chi connectivity index (χ0n) is 11.3. The molecule has 102 valence electrons. The van der Waals surface area contributed by atoms with Crippen LogP contribution in [-0.2, 0) is 6.42 Å². The van der Waals surface area contributed by atoms with Gasteiger partial charge in [-0.2, -0.15) is 0 Å². The number of nitrogens with zero attached hydrogens (tertiary/aromatic N) is 1. The van der Waals surface area contributed by atoms with Crippen molar-refractivity contribution in [3.8, 4) is 0 Å². The number of hydrogen-bond donors (Lipinski definition) is 1. The zero-order chi connectivity index (χ0) is 13.7. The fourth-order valence-electron chi connectivity index (χ4n) is 1.97. The minimum Gasteiger partial charge on any atom is -0.309 e. The monoisotopic (exact) mass is 338 g/mol. The molecular weight excluding hydrogens is 320 g/mol. The molecule has 1 N–H and O–H groups in total. The molecule has 1 atom stereocenters. The molecule has 0 saturated carbocycles. The molecule has 0 aromatic carbocycles. The van der Waals surface area contributed by atoms with Crippen LogP contribution in [0.25, 0.3) is 0 Å². The van der Waals surface area contributed by atoms with Crippen LogP contribution >= 0.6 is 27.3 Å². The molecule has 2 rings (SSSR count). The van der Waals surface area contributed by atoms with Gasteiger partial charge in [0, 0.05) is 38.6 Å². The Kier molecular flexibility index (Phi) is 5.55. The fourth-order valence-corrected chi connectivity index (χ4v) is 3.16. The molecule has 0 aliphatic carbocycles. The molecule has 1 unspecified atom stereocenters. The van der Waals surface area contributed by atoms with Gasteiger partial charge >= 0.3 is 0 Å². The largest absolute Gasteiger partial charge is 0.309 e. The van der Waals surface area contributed by atoms with Crippen molar-refractivity contribution in [1.82, 2.24) is 10.3 Å². The predicted octanol–water partition coefficient (Wildman–Crippen LogP) is 4.50. The van der Waals surface area contributed by atoms with Crippen LogP contribution < -0.4 is 5.32 Å². The molecule has 0 saturated heterocycles. The summed E-state index contributed by atoms with van der Waals surface area (Å²) in [6, 6.07) is 8.93. The summed E-state index contributed by atoms with van der Waals surface area (Å²) in [5.74, 6) is 0. The third kappa shape index (κ3) is 4.41. The van der Waals surface area contributed by atoms with Crippen LogP contribution in [0, 0.1) is 6.92 Å². The van der Waals surface area contributed by atoms with Crippen LogP contribution in [0.4, 0.5) is 0 Å². The second-order valence-electron chi connectivity index (χ2n) is 4.63. The second kappa shape index (κ2) is 7.17. The average Bonchev–Trinajstić information content (AvgIpc) is 2.83. The number of aryl methyl sites for hydroxylation is 1. The number of aromatic nitrogens is 1. The summed E-state index contributed by atoms with van der Waals surface area (Å²) < 4.78 is 1.03. The Hall–Kier alpha value is -0.710. The molecule has 0 amide bonds. The summed E-state index contributed by atoms with van der Waals surface area (Å²) in [5, 5.41) is 3.62. The highest BCUT2D eigenvalue weighted by atomic mass is 79.9. The van der Waals surface area contributed by atoms with E-state index in [0.717, 1.165) is 29.6 Å². The van der Waals surface area contributed by atoms with Gasteiger partial charge in [-0.3, -0.25) is 4.98 Å². The normalized spacial score (nSPS) is 12.6. The Balaban J connectivity index is 2.11. The van der Waals surface area contributed by atoms with Crippen LogP contribution in [0.2, 0.25) is 0 Å². The topological polar surface area (TPSA) is 24.9 Å². The van der Waals surface area contributed by atoms with Crippen molar-refractivity contribution in [2.24, 2.45) is 0 Å². The van der Waals surface area contributed by atoms with Crippen LogP contribution in [-0.4, -0.2) is 11.5 Å². The van der Waals surface area contributed by atoms with E-state index in [4.69, 9.17) is 0 Å². The quantitative estimate of drug-likeness (QED) is 0.838. The molecule has 2 nitrogen and oxygen atoms in total. The first-order valence-electron chi connectivity index (χ1n) is 6.59. The maximum absolute atomic E-state index is 4.48. The van der Waals surface area contributed by atoms with E-state index in [2.05, 4.69) is 64.3 Å². The summed E-state index contributed by atoms with van der Waals surface area (Å²) in [5.41, 5.74) is 1.13. The maximum Gasteiger partial charge on any atom is 0.0470 e. The molecule has 2 aromatic heterocycles. The Morgan fingerprint density at radius 1 is 1.32 bits per heavy atom. The van der Waals surface area contributed by atoms with Gasteiger partial charge in [0.25, 0.3) is 0 Å². The molecule has 2 aromatic rings. The molecule has 2 heterocycles. The SMILES string of the molecule is CCCNC(Cc1ccc(Br)cn1)c1ccc(C)s1. The lowest BCUT2D eigenvalue weighted by atomic mass is 10.1. The van der Waals surface area contributed by atoms with Crippen molar-refractivity contribution < 1.29 is 0 Å². The van der Waals surface area contributed by atoms with Gasteiger partial charge in [-0.05, 0) is 60.1 Å². The van der Waals surface area contributed by atoms with E-state index >= 15 is 0 Å². The minimum absolute atomic E-state index is 0.368. The van der Waals surface area contributed by atoms with Gasteiger partial charge in [0.1, 0.15) is 0 Å². The van der Waals surface area contributed by atoms with E-state index in [1.54, 1.807) is 0 Å². The number of rotatable bonds is 6. The predicted molar refractivity (Wildman–Crippen MR) is 85.7 cm³/mol. The lowest BCUT2D eigenvalue weighted by Gasteiger charge is -2.16. The van der Waals surface area contributed by atoms with Crippen molar-refractivity contribution in [1.29, 1.82) is 0 Å². The smallest absolute Gasteiger partial charge is 0.0470 e. The lowest BCUT2D eigenvalue weighted by molar-refractivity contribution is 0.531. The molecular formula is C15H19BrN2S. The molecule has 0 radical (unpaired) electrons. The second-order valence-corrected chi connectivity index (χ2v) is 6.86. The fraction of sp³-hybridized carbons (Fsp3) is 0.400. The van der Waals surface area contributed by atoms with E-state index < -0.39 is 0 Å². The van der Waals surface area contributed by atoms with Crippen LogP contribution in [0.5, 0.6) is 0 Å². The molecule has 0 bridgehead atoms. The molecule has 19 heavy (non-hydrogen) atoms. The number of hydrogen-bond acceptors (Lipinski definition) is 3. The van der Waals surface area contributed by atoms with Gasteiger partial charge in [0.05, 0.1) is 0 Å². The summed E-state index contributed by atoms with van der Waals surface area (Å²) in [6.45, 7) is 5.39. The molecule has 0 spiro atoms. The van der Waals surface area contributed by atoms with E-state index in [-0.39, 0.29) is 0 Å². The molecule has 0 aliphatic rings. The van der Waals surface area contributed by atoms with Crippen LogP contribution in [0.1, 0.15) is 34.8 Å². The Labute approximate surface area is 127 Å². The van der Waals surface area contributed by atoms with Gasteiger partial charge in [-0.15, -0.1) is 11.3 Å². The van der Waals surface area contributed by atoms with Crippen molar-refractivity contribution in [3.63, 3.8) is 0 Å². The van der Waals surface area contributed by atoms with Gasteiger partial charge in [-0.1, -0.05) is 6.92 Å². The Morgan fingerprint density at radius 3 is 2.74 bits per heavy atom. The van der Waals surface area contributed by atoms with Crippen molar-refractivity contribution in [2.75, 3.05) is 6.54 Å². The number of pyridine rings is 1. The van der Waals surface area contributed by atoms with Crippen LogP contribution in [0.3, 0.4) is 0 Å². The number of nitrogens with one attached hydrogen (secondary N) is 1. The highest BCUT2D eigenvalue weighted by molar-refractivity contribution is 9.10. The molecule has 4 heteroatoms. The number of thiophene rings is 1. The first kappa shape index (κ1) is 14.7. The molecule has 0 fully saturated rings. The highest BCUT2D eigenvalue weighted by Gasteiger charge is 2.14. The van der Waals surface area contributed by atoms with Crippen molar-refractivity contribution >= 4 is 27.3 Å². The highest BCUT2D eigenvalue weighted by Crippen LogP contribution is 2.25. The lowest BCUT2D eigenvalue weighted by Crippen LogP contribution is -2.23. The minimum atomic E-state index is 0.368. The van der Waals surface area contributed by atoms with E-state index in [1.807, 2.05) is 17.5 Å². The Morgan fingerprint density at radius 2 is 2.16 bits per heavy atom. The van der Waals surface area contributed by atoms with Crippen LogP contribution in [0.15, 0.2) is 34.9 Å². The summed E-state index contributed by atoms with van der Waals surface area (Å²) >= 11 is 5.29. The zero-order valence-corrected chi connectivity index (χ0v) is 13.7. The Bertz CT molecular complexity index is 507. The molecule has 0 aliphatic heterocycles. The third-order valence-corrected chi connectivity index (χ3v) is 4.53. The summed E-state index contributed by atoms with van der Waals surface area (Å²) in [4.78, 5) is 7.24. The number of halogens is 1. The van der Waals surface area contributed by atoms with E-state index in [9.17, 15) is 0 Å². The first-order chi connectivity index (χ1) is 9.19. The standard InChI is InChI=1S/C15H19BrN2S/c1-3-8-17-14(15-7-4-11(2)19-15)9-13-6-5-12(16)10-18-13/h4-7,10,14,17H,3,8-9H2,1-2H3. The van der Waals surface area contributed by atoms with E-state index in [1.165, 1.54) is 9.75 Å². The van der Waals surface area contributed by atoms with E-state index in [0.29, 0.717) is 6.04 Å². The van der Waals surface area contributed by atoms with Gasteiger partial charge in [-0.25, -0.2) is 0 Å². The maximum atomic E-state index is 4.48. The van der Waals surface area contributed by atoms with Gasteiger partial charge < -0.3 is 5.32 Å². The van der Waals surface area contributed by atoms with Crippen molar-refractivity contribution in [3.05, 3.63) is 50.4 Å². The van der Waals surface area contributed by atoms with Crippen molar-refractivity contribution in [2.45, 2.75) is 32.7 Å². The van der Waals surface area contributed by atoms with Gasteiger partial charge in [0.15, 0.2) is 0 Å². The summed E-state index contributed by atoms with van der Waals surface area (Å²) in [7, 11) is 0. The third-order valence-electron chi connectivity index (χ3n) is 2.95.